The number of carboxylic acids is 1. The number of aliphatic carboxylic acids is 1. The number of hydrogen-bond donors (Lipinski definition) is 1. The highest BCUT2D eigenvalue weighted by molar-refractivity contribution is 5.66. The molecule has 1 aliphatic heterocycles. The summed E-state index contributed by atoms with van der Waals surface area (Å²) in [5.74, 6) is 0.512. The zero-order valence-corrected chi connectivity index (χ0v) is 11.5. The van der Waals surface area contributed by atoms with Crippen LogP contribution in [0.4, 0.5) is 0 Å². The van der Waals surface area contributed by atoms with Gasteiger partial charge in [-0.1, -0.05) is 6.92 Å². The maximum absolute atomic E-state index is 10.5. The maximum Gasteiger partial charge on any atom is 0.303 e. The SMILES string of the molecule is CC1OC(C)C(c2nnnn2CCCC(=O)O)C1C. The van der Waals surface area contributed by atoms with Crippen LogP contribution in [0.3, 0.4) is 0 Å². The van der Waals surface area contributed by atoms with Gasteiger partial charge in [0, 0.05) is 13.0 Å². The van der Waals surface area contributed by atoms with E-state index in [1.54, 1.807) is 4.68 Å². The molecule has 1 aromatic rings. The molecule has 0 amide bonds. The average Bonchev–Trinajstić information content (AvgIpc) is 2.85. The first kappa shape index (κ1) is 13.9. The Bertz CT molecular complexity index is 448. The van der Waals surface area contributed by atoms with E-state index in [4.69, 9.17) is 9.84 Å². The Kier molecular flexibility index (Phi) is 4.14. The van der Waals surface area contributed by atoms with E-state index >= 15 is 0 Å². The van der Waals surface area contributed by atoms with Crippen LogP contribution in [0.15, 0.2) is 0 Å². The molecule has 1 aromatic heterocycles. The molecular weight excluding hydrogens is 248 g/mol. The van der Waals surface area contributed by atoms with Gasteiger partial charge in [0.15, 0.2) is 5.82 Å². The lowest BCUT2D eigenvalue weighted by Crippen LogP contribution is -2.21. The molecule has 4 unspecified atom stereocenters. The topological polar surface area (TPSA) is 90.1 Å². The Morgan fingerprint density at radius 2 is 2.11 bits per heavy atom. The Labute approximate surface area is 111 Å². The first-order valence-corrected chi connectivity index (χ1v) is 6.64. The minimum absolute atomic E-state index is 0.0780. The molecular formula is C12H20N4O3. The molecule has 106 valence electrons. The van der Waals surface area contributed by atoms with Gasteiger partial charge >= 0.3 is 5.97 Å². The second kappa shape index (κ2) is 5.64. The van der Waals surface area contributed by atoms with Crippen molar-refractivity contribution in [1.29, 1.82) is 0 Å². The molecule has 0 saturated carbocycles. The van der Waals surface area contributed by atoms with Crippen LogP contribution in [0.2, 0.25) is 0 Å². The molecule has 2 rings (SSSR count). The minimum atomic E-state index is -0.797. The number of tetrazole rings is 1. The highest BCUT2D eigenvalue weighted by Crippen LogP contribution is 2.38. The molecule has 19 heavy (non-hydrogen) atoms. The molecule has 2 heterocycles. The third kappa shape index (κ3) is 2.91. The summed E-state index contributed by atoms with van der Waals surface area (Å²) >= 11 is 0. The zero-order chi connectivity index (χ0) is 14.0. The molecule has 1 fully saturated rings. The molecule has 0 radical (unpaired) electrons. The number of aromatic nitrogens is 4. The van der Waals surface area contributed by atoms with Crippen LogP contribution in [0.1, 0.15) is 45.4 Å². The van der Waals surface area contributed by atoms with Crippen molar-refractivity contribution < 1.29 is 14.6 Å². The summed E-state index contributed by atoms with van der Waals surface area (Å²) in [4.78, 5) is 10.5. The summed E-state index contributed by atoms with van der Waals surface area (Å²) in [5, 5.41) is 20.4. The van der Waals surface area contributed by atoms with Gasteiger partial charge in [-0.2, -0.15) is 0 Å². The highest BCUT2D eigenvalue weighted by Gasteiger charge is 2.40. The second-order valence-electron chi connectivity index (χ2n) is 5.19. The Balaban J connectivity index is 2.08. The number of nitrogens with zero attached hydrogens (tertiary/aromatic N) is 4. The molecule has 1 N–H and O–H groups in total. The molecule has 4 atom stereocenters. The maximum atomic E-state index is 10.5. The number of ether oxygens (including phenoxy) is 1. The largest absolute Gasteiger partial charge is 0.481 e. The third-order valence-electron chi connectivity index (χ3n) is 3.86. The van der Waals surface area contributed by atoms with Crippen molar-refractivity contribution in [3.05, 3.63) is 5.82 Å². The predicted molar refractivity (Wildman–Crippen MR) is 66.6 cm³/mol. The van der Waals surface area contributed by atoms with Crippen molar-refractivity contribution in [3.63, 3.8) is 0 Å². The number of carboxylic acid groups (broad SMARTS) is 1. The normalized spacial score (nSPS) is 30.7. The average molecular weight is 268 g/mol. The lowest BCUT2D eigenvalue weighted by atomic mass is 9.89. The number of rotatable bonds is 5. The first-order valence-electron chi connectivity index (χ1n) is 6.64. The van der Waals surface area contributed by atoms with E-state index in [1.165, 1.54) is 0 Å². The standard InChI is InChI=1S/C12H20N4O3/c1-7-8(2)19-9(3)11(7)12-13-14-15-16(12)6-4-5-10(17)18/h7-9,11H,4-6H2,1-3H3,(H,17,18). The van der Waals surface area contributed by atoms with Gasteiger partial charge in [-0.15, -0.1) is 5.10 Å². The van der Waals surface area contributed by atoms with Crippen molar-refractivity contribution >= 4 is 5.97 Å². The van der Waals surface area contributed by atoms with Crippen LogP contribution in [-0.4, -0.2) is 43.5 Å². The number of aryl methyl sites for hydroxylation is 1. The Hall–Kier alpha value is -1.50. The molecule has 0 aromatic carbocycles. The Morgan fingerprint density at radius 3 is 2.68 bits per heavy atom. The van der Waals surface area contributed by atoms with Gasteiger partial charge in [-0.25, -0.2) is 4.68 Å². The first-order chi connectivity index (χ1) is 9.00. The highest BCUT2D eigenvalue weighted by atomic mass is 16.5. The summed E-state index contributed by atoms with van der Waals surface area (Å²) in [6, 6.07) is 0. The summed E-state index contributed by atoms with van der Waals surface area (Å²) in [6.45, 7) is 6.74. The van der Waals surface area contributed by atoms with Crippen molar-refractivity contribution in [2.45, 2.75) is 58.3 Å². The van der Waals surface area contributed by atoms with Crippen molar-refractivity contribution in [2.24, 2.45) is 5.92 Å². The lowest BCUT2D eigenvalue weighted by molar-refractivity contribution is -0.137. The molecule has 0 bridgehead atoms. The Morgan fingerprint density at radius 1 is 1.37 bits per heavy atom. The third-order valence-corrected chi connectivity index (χ3v) is 3.86. The van der Waals surface area contributed by atoms with E-state index < -0.39 is 5.97 Å². The summed E-state index contributed by atoms with van der Waals surface area (Å²) in [6.07, 6.45) is 0.916. The fourth-order valence-corrected chi connectivity index (χ4v) is 2.70. The summed E-state index contributed by atoms with van der Waals surface area (Å²) < 4.78 is 7.51. The molecule has 0 spiro atoms. The summed E-state index contributed by atoms with van der Waals surface area (Å²) in [7, 11) is 0. The van der Waals surface area contributed by atoms with Crippen molar-refractivity contribution in [3.8, 4) is 0 Å². The van der Waals surface area contributed by atoms with E-state index in [9.17, 15) is 4.79 Å². The van der Waals surface area contributed by atoms with Gasteiger partial charge in [0.2, 0.25) is 0 Å². The second-order valence-corrected chi connectivity index (χ2v) is 5.19. The van der Waals surface area contributed by atoms with Gasteiger partial charge < -0.3 is 9.84 Å². The quantitative estimate of drug-likeness (QED) is 0.859. The van der Waals surface area contributed by atoms with Crippen LogP contribution in [0, 0.1) is 5.92 Å². The van der Waals surface area contributed by atoms with Crippen LogP contribution in [0.25, 0.3) is 0 Å². The molecule has 7 nitrogen and oxygen atoms in total. The predicted octanol–water partition coefficient (Wildman–Crippen LogP) is 1.06. The minimum Gasteiger partial charge on any atom is -0.481 e. The zero-order valence-electron chi connectivity index (χ0n) is 11.5. The van der Waals surface area contributed by atoms with Gasteiger partial charge in [0.1, 0.15) is 0 Å². The van der Waals surface area contributed by atoms with Crippen molar-refractivity contribution in [1.82, 2.24) is 20.2 Å². The van der Waals surface area contributed by atoms with Gasteiger partial charge in [0.25, 0.3) is 0 Å². The van der Waals surface area contributed by atoms with Crippen molar-refractivity contribution in [2.75, 3.05) is 0 Å². The van der Waals surface area contributed by atoms with Crippen LogP contribution in [-0.2, 0) is 16.1 Å². The summed E-state index contributed by atoms with van der Waals surface area (Å²) in [5.41, 5.74) is 0. The van der Waals surface area contributed by atoms with E-state index in [-0.39, 0.29) is 24.5 Å². The molecule has 0 aliphatic carbocycles. The molecule has 1 saturated heterocycles. The van der Waals surface area contributed by atoms with Gasteiger partial charge in [-0.05, 0) is 36.6 Å². The fourth-order valence-electron chi connectivity index (χ4n) is 2.70. The fraction of sp³-hybridized carbons (Fsp3) is 0.833. The molecule has 1 aliphatic rings. The van der Waals surface area contributed by atoms with Gasteiger partial charge in [0.05, 0.1) is 18.1 Å². The van der Waals surface area contributed by atoms with E-state index in [0.29, 0.717) is 18.9 Å². The van der Waals surface area contributed by atoms with E-state index in [2.05, 4.69) is 29.4 Å². The number of hydrogen-bond acceptors (Lipinski definition) is 5. The van der Waals surface area contributed by atoms with E-state index in [1.807, 2.05) is 6.92 Å². The smallest absolute Gasteiger partial charge is 0.303 e. The van der Waals surface area contributed by atoms with E-state index in [0.717, 1.165) is 5.82 Å². The monoisotopic (exact) mass is 268 g/mol. The van der Waals surface area contributed by atoms with Crippen LogP contribution in [0.5, 0.6) is 0 Å². The number of carbonyl (C=O) groups is 1. The molecule has 7 heteroatoms. The van der Waals surface area contributed by atoms with Gasteiger partial charge in [-0.3, -0.25) is 4.79 Å². The lowest BCUT2D eigenvalue weighted by Gasteiger charge is -2.17. The van der Waals surface area contributed by atoms with Crippen LogP contribution < -0.4 is 0 Å². The van der Waals surface area contributed by atoms with Crippen LogP contribution >= 0.6 is 0 Å².